The number of fused-ring (bicyclic) bond motifs is 2. The lowest BCUT2D eigenvalue weighted by Crippen LogP contribution is -2.41. The van der Waals surface area contributed by atoms with Gasteiger partial charge in [-0.2, -0.15) is 0 Å². The van der Waals surface area contributed by atoms with Gasteiger partial charge in [-0.15, -0.1) is 22.7 Å². The van der Waals surface area contributed by atoms with E-state index in [-0.39, 0.29) is 18.3 Å². The van der Waals surface area contributed by atoms with Crippen LogP contribution in [0.15, 0.2) is 33.3 Å². The predicted molar refractivity (Wildman–Crippen MR) is 268 cm³/mol. The number of rotatable bonds is 6. The van der Waals surface area contributed by atoms with Crippen LogP contribution in [0.4, 0.5) is 0 Å². The number of hydrogen-bond acceptors (Lipinski definition) is 12. The SMILES string of the molecule is CC.Cc1nc(C)c(-c2cc(-c3c(C)noc3C)cc3[nH]c(C4CC4)nc23)s1.Cc1nc(C)c(B2OC(C)(C)C(C)(C)O2)s1.Cc1noc(C)c1-c1cc(I)c2nc(C3CC3)[nH]c2c1. The number of imidazole rings is 2. The van der Waals surface area contributed by atoms with E-state index in [0.29, 0.717) is 11.8 Å². The van der Waals surface area contributed by atoms with Crippen molar-refractivity contribution in [3.8, 4) is 32.7 Å². The Morgan fingerprint density at radius 1 is 0.609 bits per heavy atom. The minimum atomic E-state index is -0.276. The number of benzene rings is 2. The molecule has 0 spiro atoms. The lowest BCUT2D eigenvalue weighted by molar-refractivity contribution is 0.00578. The average Bonchev–Trinajstić information content (AvgIpc) is 3.96. The molecule has 6 aromatic heterocycles. The Morgan fingerprint density at radius 2 is 1.08 bits per heavy atom. The van der Waals surface area contributed by atoms with Crippen molar-refractivity contribution < 1.29 is 18.4 Å². The average molecular weight is 1010 g/mol. The van der Waals surface area contributed by atoms with Crippen LogP contribution in [0.1, 0.15) is 135 Å². The van der Waals surface area contributed by atoms with Crippen LogP contribution in [0.5, 0.6) is 0 Å². The van der Waals surface area contributed by atoms with Crippen molar-refractivity contribution in [2.45, 2.75) is 146 Å². The molecule has 1 aliphatic heterocycles. The van der Waals surface area contributed by atoms with Crippen LogP contribution >= 0.6 is 45.3 Å². The van der Waals surface area contributed by atoms with Crippen molar-refractivity contribution in [1.29, 1.82) is 0 Å². The molecular weight excluding hydrogens is 954 g/mol. The molecule has 0 atom stereocenters. The second kappa shape index (κ2) is 17.9. The highest BCUT2D eigenvalue weighted by atomic mass is 127. The molecule has 2 N–H and O–H groups in total. The fourth-order valence-electron chi connectivity index (χ4n) is 8.08. The van der Waals surface area contributed by atoms with E-state index in [1.165, 1.54) is 34.1 Å². The van der Waals surface area contributed by atoms with Gasteiger partial charge in [0.2, 0.25) is 0 Å². The van der Waals surface area contributed by atoms with Crippen LogP contribution < -0.4 is 4.78 Å². The van der Waals surface area contributed by atoms with Gasteiger partial charge in [-0.05, 0) is 167 Å². The third kappa shape index (κ3) is 9.14. The van der Waals surface area contributed by atoms with E-state index in [0.717, 1.165) is 111 Å². The molecule has 0 radical (unpaired) electrons. The van der Waals surface area contributed by atoms with E-state index in [1.54, 1.807) is 22.7 Å². The highest BCUT2D eigenvalue weighted by Crippen LogP contribution is 2.44. The molecule has 0 amide bonds. The van der Waals surface area contributed by atoms with Gasteiger partial charge >= 0.3 is 7.12 Å². The van der Waals surface area contributed by atoms with E-state index >= 15 is 0 Å². The lowest BCUT2D eigenvalue weighted by atomic mass is 9.86. The van der Waals surface area contributed by atoms with Gasteiger partial charge in [-0.1, -0.05) is 24.2 Å². The van der Waals surface area contributed by atoms with Gasteiger partial charge in [0, 0.05) is 37.8 Å². The maximum absolute atomic E-state index is 5.99. The molecule has 2 aromatic carbocycles. The Balaban J connectivity index is 0.000000133. The molecule has 0 unspecified atom stereocenters. The summed E-state index contributed by atoms with van der Waals surface area (Å²) in [5, 5.41) is 10.3. The summed E-state index contributed by atoms with van der Waals surface area (Å²) in [5.41, 5.74) is 13.2. The number of nitrogens with zero attached hydrogens (tertiary/aromatic N) is 6. The molecule has 1 saturated heterocycles. The van der Waals surface area contributed by atoms with E-state index in [2.05, 4.69) is 119 Å². The van der Waals surface area contributed by atoms with Crippen molar-refractivity contribution >= 4 is 79.2 Å². The Bertz CT molecular complexity index is 2930. The molecule has 7 heterocycles. The van der Waals surface area contributed by atoms with Crippen LogP contribution in [0, 0.1) is 59.0 Å². The second-order valence-electron chi connectivity index (χ2n) is 17.9. The fraction of sp³-hybridized carbons (Fsp3) is 0.458. The summed E-state index contributed by atoms with van der Waals surface area (Å²) in [6.07, 6.45) is 4.97. The van der Waals surface area contributed by atoms with Crippen LogP contribution in [-0.2, 0) is 9.31 Å². The summed E-state index contributed by atoms with van der Waals surface area (Å²) in [5.74, 6) is 5.17. The summed E-state index contributed by atoms with van der Waals surface area (Å²) >= 11 is 5.73. The number of thiazole rings is 2. The van der Waals surface area contributed by atoms with Crippen molar-refractivity contribution in [2.24, 2.45) is 0 Å². The van der Waals surface area contributed by atoms with E-state index in [1.807, 2.05) is 55.4 Å². The summed E-state index contributed by atoms with van der Waals surface area (Å²) in [6.45, 7) is 28.3. The molecule has 12 nitrogen and oxygen atoms in total. The highest BCUT2D eigenvalue weighted by molar-refractivity contribution is 14.1. The van der Waals surface area contributed by atoms with Gasteiger partial charge in [-0.3, -0.25) is 0 Å². The summed E-state index contributed by atoms with van der Waals surface area (Å²) in [4.78, 5) is 26.9. The normalized spacial score (nSPS) is 16.4. The number of H-pyrrole nitrogens is 2. The molecule has 336 valence electrons. The van der Waals surface area contributed by atoms with E-state index in [4.69, 9.17) is 28.3 Å². The van der Waals surface area contributed by atoms with Crippen molar-refractivity contribution in [2.75, 3.05) is 0 Å². The first-order valence-corrected chi connectivity index (χ1v) is 24.9. The van der Waals surface area contributed by atoms with Gasteiger partial charge in [-0.25, -0.2) is 19.9 Å². The number of aromatic amines is 2. The predicted octanol–water partition coefficient (Wildman–Crippen LogP) is 12.9. The minimum Gasteiger partial charge on any atom is -0.399 e. The number of halogens is 1. The van der Waals surface area contributed by atoms with Crippen LogP contribution in [0.25, 0.3) is 54.8 Å². The first kappa shape index (κ1) is 46.3. The van der Waals surface area contributed by atoms with Crippen molar-refractivity contribution in [1.82, 2.24) is 40.2 Å². The monoisotopic (exact) mass is 1010 g/mol. The molecule has 16 heteroatoms. The topological polar surface area (TPSA) is 154 Å². The number of nitrogens with one attached hydrogen (secondary N) is 2. The lowest BCUT2D eigenvalue weighted by Gasteiger charge is -2.32. The second-order valence-corrected chi connectivity index (χ2v) is 21.5. The molecule has 3 fully saturated rings. The van der Waals surface area contributed by atoms with Gasteiger partial charge in [0.1, 0.15) is 28.7 Å². The fourth-order valence-corrected chi connectivity index (χ4v) is 10.7. The Kier molecular flexibility index (Phi) is 12.9. The first-order chi connectivity index (χ1) is 30.4. The maximum Gasteiger partial charge on any atom is 0.507 e. The summed E-state index contributed by atoms with van der Waals surface area (Å²) in [7, 11) is -0.267. The third-order valence-corrected chi connectivity index (χ3v) is 15.3. The Labute approximate surface area is 397 Å². The van der Waals surface area contributed by atoms with Gasteiger partial charge in [0.25, 0.3) is 0 Å². The molecule has 11 rings (SSSR count). The molecular formula is C48H58BIN8O4S2. The first-order valence-electron chi connectivity index (χ1n) is 22.2. The van der Waals surface area contributed by atoms with Crippen LogP contribution in [0.3, 0.4) is 0 Å². The summed E-state index contributed by atoms with van der Waals surface area (Å²) in [6, 6.07) is 8.70. The van der Waals surface area contributed by atoms with Crippen LogP contribution in [-0.4, -0.2) is 58.5 Å². The van der Waals surface area contributed by atoms with Crippen molar-refractivity contribution in [3.63, 3.8) is 0 Å². The molecule has 2 aliphatic carbocycles. The Morgan fingerprint density at radius 3 is 1.52 bits per heavy atom. The zero-order valence-corrected chi connectivity index (χ0v) is 43.2. The molecule has 3 aliphatic rings. The van der Waals surface area contributed by atoms with Crippen molar-refractivity contribution in [3.05, 3.63) is 83.8 Å². The molecule has 0 bridgehead atoms. The van der Waals surface area contributed by atoms with Crippen LogP contribution in [0.2, 0.25) is 0 Å². The van der Waals surface area contributed by atoms with Gasteiger partial charge in [0.05, 0.1) is 64.5 Å². The quantitative estimate of drug-likeness (QED) is 0.122. The number of hydrogen-bond donors (Lipinski definition) is 2. The third-order valence-electron chi connectivity index (χ3n) is 12.3. The number of aromatic nitrogens is 8. The Hall–Kier alpha value is -4.23. The highest BCUT2D eigenvalue weighted by Gasteiger charge is 2.52. The van der Waals surface area contributed by atoms with E-state index < -0.39 is 0 Å². The molecule has 8 aromatic rings. The van der Waals surface area contributed by atoms with E-state index in [9.17, 15) is 0 Å². The standard InChI is InChI=1S/C20H20N4OS.C15H14IN3O.C11H18BNO2S.C2H6/c1-9-17(11(3)25-24-9)14-7-15(19-10(2)21-12(4)26-19)18-16(8-14)22-20(23-18)13-5-6-13;1-7-13(8(2)20-19-7)10-5-11(16)14-12(6-10)17-15(18-14)9-3-4-9;1-7-9(16-8(2)13-7)12-14-10(3,4)11(5,6)15-12;1-2/h7-8,13H,5-6H2,1-4H3,(H,22,23);5-6,9H,3-4H2,1-2H3,(H,17,18);1-6H3;1-2H3. The van der Waals surface area contributed by atoms with Gasteiger partial charge in [0.15, 0.2) is 0 Å². The van der Waals surface area contributed by atoms with Gasteiger partial charge < -0.3 is 28.3 Å². The number of aryl methyl sites for hydroxylation is 8. The zero-order valence-electron chi connectivity index (χ0n) is 39.4. The zero-order chi connectivity index (χ0) is 46.0. The largest absolute Gasteiger partial charge is 0.507 e. The molecule has 2 saturated carbocycles. The smallest absolute Gasteiger partial charge is 0.399 e. The molecule has 64 heavy (non-hydrogen) atoms. The minimum absolute atomic E-state index is 0.267. The maximum atomic E-state index is 5.99. The summed E-state index contributed by atoms with van der Waals surface area (Å²) < 4.78 is 24.9.